The van der Waals surface area contributed by atoms with Crippen LogP contribution in [0.1, 0.15) is 41.6 Å². The molecule has 3 aromatic rings. The molecular formula is C20H18N4OS. The van der Waals surface area contributed by atoms with Crippen molar-refractivity contribution in [3.05, 3.63) is 64.7 Å². The van der Waals surface area contributed by atoms with Gasteiger partial charge in [0, 0.05) is 11.8 Å². The number of carbonyl (C=O) groups excluding carboxylic acids is 1. The highest BCUT2D eigenvalue weighted by Crippen LogP contribution is 2.30. The van der Waals surface area contributed by atoms with Gasteiger partial charge in [-0.1, -0.05) is 50.3 Å². The second-order valence-corrected chi connectivity index (χ2v) is 7.81. The fraction of sp³-hybridized carbons (Fsp3) is 0.200. The fourth-order valence-corrected chi connectivity index (χ4v) is 3.19. The van der Waals surface area contributed by atoms with Crippen LogP contribution < -0.4 is 5.32 Å². The van der Waals surface area contributed by atoms with E-state index in [4.69, 9.17) is 0 Å². The van der Waals surface area contributed by atoms with E-state index in [-0.39, 0.29) is 11.3 Å². The minimum absolute atomic E-state index is 0.0440. The Morgan fingerprint density at radius 3 is 2.65 bits per heavy atom. The van der Waals surface area contributed by atoms with Gasteiger partial charge in [-0.15, -0.1) is 0 Å². The van der Waals surface area contributed by atoms with E-state index in [1.54, 1.807) is 24.4 Å². The minimum atomic E-state index is -0.248. The largest absolute Gasteiger partial charge is 0.298 e. The highest BCUT2D eigenvalue weighted by Gasteiger charge is 2.18. The number of carbonyl (C=O) groups is 1. The van der Waals surface area contributed by atoms with Crippen LogP contribution in [0.4, 0.5) is 5.13 Å². The first-order valence-corrected chi connectivity index (χ1v) is 8.94. The van der Waals surface area contributed by atoms with Gasteiger partial charge in [0.1, 0.15) is 16.6 Å². The SMILES string of the molecule is CC(C)(C)c1cccc(C(=O)Nc2nc(-c3ccccn3)c(C#N)s2)c1. The number of nitrogens with one attached hydrogen (secondary N) is 1. The number of pyridine rings is 1. The highest BCUT2D eigenvalue weighted by molar-refractivity contribution is 7.16. The number of aromatic nitrogens is 2. The van der Waals surface area contributed by atoms with Crippen molar-refractivity contribution in [3.63, 3.8) is 0 Å². The predicted molar refractivity (Wildman–Crippen MR) is 103 cm³/mol. The zero-order valence-electron chi connectivity index (χ0n) is 14.8. The van der Waals surface area contributed by atoms with Crippen LogP contribution in [0.3, 0.4) is 0 Å². The molecular weight excluding hydrogens is 344 g/mol. The molecule has 0 atom stereocenters. The van der Waals surface area contributed by atoms with Crippen molar-refractivity contribution in [1.29, 1.82) is 5.26 Å². The Morgan fingerprint density at radius 2 is 2.00 bits per heavy atom. The molecule has 5 nitrogen and oxygen atoms in total. The Kier molecular flexibility index (Phi) is 4.83. The number of benzene rings is 1. The minimum Gasteiger partial charge on any atom is -0.298 e. The molecule has 26 heavy (non-hydrogen) atoms. The standard InChI is InChI=1S/C20H18N4OS/c1-20(2,3)14-8-6-7-13(11-14)18(25)24-19-23-17(16(12-21)26-19)15-9-4-5-10-22-15/h4-11H,1-3H3,(H,23,24,25). The molecule has 0 aliphatic heterocycles. The first-order valence-electron chi connectivity index (χ1n) is 8.13. The lowest BCUT2D eigenvalue weighted by atomic mass is 9.86. The Hall–Kier alpha value is -3.04. The van der Waals surface area contributed by atoms with Gasteiger partial charge in [0.25, 0.3) is 5.91 Å². The van der Waals surface area contributed by atoms with Gasteiger partial charge in [-0.2, -0.15) is 5.26 Å². The van der Waals surface area contributed by atoms with Crippen LogP contribution in [0.2, 0.25) is 0 Å². The second-order valence-electron chi connectivity index (χ2n) is 6.81. The summed E-state index contributed by atoms with van der Waals surface area (Å²) in [6, 6.07) is 15.1. The van der Waals surface area contributed by atoms with E-state index in [0.717, 1.165) is 16.9 Å². The van der Waals surface area contributed by atoms with Gasteiger partial charge in [-0.3, -0.25) is 15.1 Å². The summed E-state index contributed by atoms with van der Waals surface area (Å²) >= 11 is 1.14. The summed E-state index contributed by atoms with van der Waals surface area (Å²) in [7, 11) is 0. The molecule has 3 rings (SSSR count). The van der Waals surface area contributed by atoms with Gasteiger partial charge in [-0.05, 0) is 35.2 Å². The number of rotatable bonds is 3. The van der Waals surface area contributed by atoms with E-state index in [1.165, 1.54) is 0 Å². The van der Waals surface area contributed by atoms with Gasteiger partial charge in [0.15, 0.2) is 5.13 Å². The number of amides is 1. The van der Waals surface area contributed by atoms with E-state index in [9.17, 15) is 10.1 Å². The summed E-state index contributed by atoms with van der Waals surface area (Å²) in [6.07, 6.45) is 1.64. The maximum atomic E-state index is 12.6. The third-order valence-electron chi connectivity index (χ3n) is 3.85. The van der Waals surface area contributed by atoms with Crippen molar-refractivity contribution in [2.24, 2.45) is 0 Å². The molecule has 0 radical (unpaired) electrons. The third kappa shape index (κ3) is 3.79. The lowest BCUT2D eigenvalue weighted by Gasteiger charge is -2.19. The van der Waals surface area contributed by atoms with Crippen LogP contribution in [0.15, 0.2) is 48.7 Å². The van der Waals surface area contributed by atoms with Crippen molar-refractivity contribution in [2.45, 2.75) is 26.2 Å². The molecule has 0 fully saturated rings. The smallest absolute Gasteiger partial charge is 0.257 e. The van der Waals surface area contributed by atoms with E-state index in [2.05, 4.69) is 42.1 Å². The van der Waals surface area contributed by atoms with Gasteiger partial charge >= 0.3 is 0 Å². The van der Waals surface area contributed by atoms with Gasteiger partial charge in [0.2, 0.25) is 0 Å². The molecule has 1 amide bonds. The lowest BCUT2D eigenvalue weighted by molar-refractivity contribution is 0.102. The summed E-state index contributed by atoms with van der Waals surface area (Å²) < 4.78 is 0. The van der Waals surface area contributed by atoms with Crippen LogP contribution in [0.5, 0.6) is 0 Å². The Morgan fingerprint density at radius 1 is 1.19 bits per heavy atom. The quantitative estimate of drug-likeness (QED) is 0.737. The van der Waals surface area contributed by atoms with Gasteiger partial charge in [0.05, 0.1) is 5.69 Å². The van der Waals surface area contributed by atoms with E-state index >= 15 is 0 Å². The molecule has 0 aliphatic carbocycles. The second kappa shape index (κ2) is 7.06. The monoisotopic (exact) mass is 362 g/mol. The number of nitriles is 1. The third-order valence-corrected chi connectivity index (χ3v) is 4.72. The average molecular weight is 362 g/mol. The molecule has 2 heterocycles. The van der Waals surface area contributed by atoms with Crippen LogP contribution in [0, 0.1) is 11.3 Å². The Labute approximate surface area is 156 Å². The topological polar surface area (TPSA) is 78.7 Å². The zero-order chi connectivity index (χ0) is 18.7. The van der Waals surface area contributed by atoms with E-state index < -0.39 is 0 Å². The molecule has 0 unspecified atom stereocenters. The first-order chi connectivity index (χ1) is 12.4. The fourth-order valence-electron chi connectivity index (χ4n) is 2.42. The normalized spacial score (nSPS) is 11.0. The van der Waals surface area contributed by atoms with Gasteiger partial charge < -0.3 is 0 Å². The highest BCUT2D eigenvalue weighted by atomic mass is 32.1. The number of anilines is 1. The molecule has 0 saturated carbocycles. The zero-order valence-corrected chi connectivity index (χ0v) is 15.6. The number of hydrogen-bond acceptors (Lipinski definition) is 5. The number of thiazole rings is 1. The van der Waals surface area contributed by atoms with Crippen LogP contribution >= 0.6 is 11.3 Å². The predicted octanol–water partition coefficient (Wildman–Crippen LogP) is 4.63. The molecule has 1 aromatic carbocycles. The van der Waals surface area contributed by atoms with E-state index in [1.807, 2.05) is 24.3 Å². The molecule has 0 saturated heterocycles. The summed E-state index contributed by atoms with van der Waals surface area (Å²) in [5, 5.41) is 12.5. The van der Waals surface area contributed by atoms with Crippen LogP contribution in [-0.2, 0) is 5.41 Å². The molecule has 0 aliphatic rings. The van der Waals surface area contributed by atoms with Crippen LogP contribution in [0.25, 0.3) is 11.4 Å². The van der Waals surface area contributed by atoms with Gasteiger partial charge in [-0.25, -0.2) is 4.98 Å². The van der Waals surface area contributed by atoms with Crippen molar-refractivity contribution in [2.75, 3.05) is 5.32 Å². The van der Waals surface area contributed by atoms with Crippen LogP contribution in [-0.4, -0.2) is 15.9 Å². The van der Waals surface area contributed by atoms with Crippen molar-refractivity contribution < 1.29 is 4.79 Å². The summed E-state index contributed by atoms with van der Waals surface area (Å²) in [5.41, 5.74) is 2.69. The Bertz CT molecular complexity index is 981. The molecule has 130 valence electrons. The first kappa shape index (κ1) is 17.8. The van der Waals surface area contributed by atoms with Crippen molar-refractivity contribution in [1.82, 2.24) is 9.97 Å². The summed E-state index contributed by atoms with van der Waals surface area (Å²) in [4.78, 5) is 21.6. The van der Waals surface area contributed by atoms with E-state index in [0.29, 0.717) is 27.0 Å². The number of nitrogens with zero attached hydrogens (tertiary/aromatic N) is 3. The molecule has 0 bridgehead atoms. The van der Waals surface area contributed by atoms with Crippen molar-refractivity contribution in [3.8, 4) is 17.5 Å². The maximum absolute atomic E-state index is 12.6. The maximum Gasteiger partial charge on any atom is 0.257 e. The lowest BCUT2D eigenvalue weighted by Crippen LogP contribution is -2.15. The summed E-state index contributed by atoms with van der Waals surface area (Å²) in [5.74, 6) is -0.248. The Balaban J connectivity index is 1.87. The van der Waals surface area contributed by atoms with Crippen molar-refractivity contribution >= 4 is 22.4 Å². The number of hydrogen-bond donors (Lipinski definition) is 1. The average Bonchev–Trinajstić information content (AvgIpc) is 3.04. The molecule has 1 N–H and O–H groups in total. The molecule has 2 aromatic heterocycles. The molecule has 0 spiro atoms. The summed E-state index contributed by atoms with van der Waals surface area (Å²) in [6.45, 7) is 6.30. The molecule has 6 heteroatoms.